The van der Waals surface area contributed by atoms with E-state index in [-0.39, 0.29) is 31.0 Å². The van der Waals surface area contributed by atoms with Gasteiger partial charge in [0.25, 0.3) is 5.91 Å². The van der Waals surface area contributed by atoms with Crippen LogP contribution in [0.25, 0.3) is 11.0 Å². The molecule has 4 heterocycles. The highest BCUT2D eigenvalue weighted by Gasteiger charge is 2.57. The number of imide groups is 1. The molecule has 2 aliphatic rings. The molecule has 2 aromatic heterocycles. The Morgan fingerprint density at radius 2 is 2.00 bits per heavy atom. The third-order valence-electron chi connectivity index (χ3n) is 5.61. The third kappa shape index (κ3) is 2.79. The van der Waals surface area contributed by atoms with Gasteiger partial charge >= 0.3 is 6.03 Å². The Hall–Kier alpha value is -2.75. The van der Waals surface area contributed by atoms with Crippen LogP contribution in [0.1, 0.15) is 26.7 Å². The molecule has 0 atom stereocenters. The number of aromatic nitrogens is 4. The van der Waals surface area contributed by atoms with E-state index in [0.717, 1.165) is 11.2 Å². The number of carbonyl (C=O) groups is 2. The van der Waals surface area contributed by atoms with Crippen LogP contribution in [0.2, 0.25) is 0 Å². The number of piperidine rings is 1. The maximum Gasteiger partial charge on any atom is 0.327 e. The van der Waals surface area contributed by atoms with Gasteiger partial charge in [0.1, 0.15) is 17.7 Å². The van der Waals surface area contributed by atoms with Crippen LogP contribution in [0.15, 0.2) is 12.5 Å². The number of nitrogens with zero attached hydrogens (tertiary/aromatic N) is 6. The summed E-state index contributed by atoms with van der Waals surface area (Å²) in [6, 6.07) is -0.291. The summed E-state index contributed by atoms with van der Waals surface area (Å²) in [6.07, 6.45) is 4.25. The number of rotatable bonds is 5. The molecule has 2 aromatic rings. The number of hydrogen-bond donors (Lipinski definition) is 2. The molecule has 0 bridgehead atoms. The predicted molar refractivity (Wildman–Crippen MR) is 102 cm³/mol. The molecule has 2 aliphatic heterocycles. The summed E-state index contributed by atoms with van der Waals surface area (Å²) < 4.78 is 0. The van der Waals surface area contributed by atoms with E-state index in [1.165, 1.54) is 11.2 Å². The van der Waals surface area contributed by atoms with E-state index in [4.69, 9.17) is 0 Å². The molecular formula is C18H25N7O3. The van der Waals surface area contributed by atoms with Gasteiger partial charge in [0, 0.05) is 19.6 Å². The normalized spacial score (nSPS) is 19.6. The largest absolute Gasteiger partial charge is 0.395 e. The van der Waals surface area contributed by atoms with Crippen LogP contribution >= 0.6 is 0 Å². The van der Waals surface area contributed by atoms with E-state index in [2.05, 4.69) is 25.1 Å². The third-order valence-corrected chi connectivity index (χ3v) is 5.61. The van der Waals surface area contributed by atoms with Gasteiger partial charge < -0.3 is 14.9 Å². The highest BCUT2D eigenvalue weighted by Crippen LogP contribution is 2.39. The van der Waals surface area contributed by atoms with Crippen molar-refractivity contribution in [3.63, 3.8) is 0 Å². The number of urea groups is 1. The second-order valence-electron chi connectivity index (χ2n) is 7.82. The second-order valence-corrected chi connectivity index (χ2v) is 7.82. The van der Waals surface area contributed by atoms with Crippen molar-refractivity contribution >= 4 is 28.8 Å². The Labute approximate surface area is 162 Å². The SMILES string of the molecule is CC(C)CN1C(=O)N(CCO)C(=O)C12CCN(c1ncnc3[nH]ncc13)CC2. The van der Waals surface area contributed by atoms with Crippen molar-refractivity contribution in [2.75, 3.05) is 37.7 Å². The molecule has 10 nitrogen and oxygen atoms in total. The van der Waals surface area contributed by atoms with E-state index in [1.807, 2.05) is 13.8 Å². The monoisotopic (exact) mass is 387 g/mol. The van der Waals surface area contributed by atoms with Gasteiger partial charge in [-0.05, 0) is 18.8 Å². The highest BCUT2D eigenvalue weighted by molar-refractivity contribution is 6.07. The molecule has 2 fully saturated rings. The molecule has 3 amide bonds. The van der Waals surface area contributed by atoms with Gasteiger partial charge in [-0.3, -0.25) is 14.8 Å². The lowest BCUT2D eigenvalue weighted by molar-refractivity contribution is -0.134. The molecule has 0 unspecified atom stereocenters. The minimum atomic E-state index is -0.838. The lowest BCUT2D eigenvalue weighted by Gasteiger charge is -2.43. The van der Waals surface area contributed by atoms with Gasteiger partial charge in [-0.15, -0.1) is 0 Å². The number of H-pyrrole nitrogens is 1. The fourth-order valence-corrected chi connectivity index (χ4v) is 4.27. The van der Waals surface area contributed by atoms with Gasteiger partial charge in [0.15, 0.2) is 5.65 Å². The number of amides is 3. The number of fused-ring (bicyclic) bond motifs is 1. The topological polar surface area (TPSA) is 119 Å². The molecule has 1 spiro atoms. The number of aromatic amines is 1. The summed E-state index contributed by atoms with van der Waals surface area (Å²) >= 11 is 0. The fraction of sp³-hybridized carbons (Fsp3) is 0.611. The summed E-state index contributed by atoms with van der Waals surface area (Å²) in [7, 11) is 0. The Morgan fingerprint density at radius 1 is 1.25 bits per heavy atom. The van der Waals surface area contributed by atoms with E-state index < -0.39 is 5.54 Å². The standard InChI is InChI=1S/C18H25N7O3/c1-12(2)10-25-17(28)24(7-8-26)16(27)18(25)3-5-23(6-4-18)15-13-9-21-22-14(13)19-11-20-15/h9,11-12,26H,3-8,10H2,1-2H3,(H,19,20,21,22). The first-order valence-corrected chi connectivity index (χ1v) is 9.61. The molecule has 0 saturated carbocycles. The maximum absolute atomic E-state index is 13.2. The maximum atomic E-state index is 13.2. The lowest BCUT2D eigenvalue weighted by atomic mass is 9.85. The van der Waals surface area contributed by atoms with Crippen molar-refractivity contribution in [2.24, 2.45) is 5.92 Å². The van der Waals surface area contributed by atoms with Crippen molar-refractivity contribution in [3.8, 4) is 0 Å². The van der Waals surface area contributed by atoms with Crippen LogP contribution in [-0.2, 0) is 4.79 Å². The highest BCUT2D eigenvalue weighted by atomic mass is 16.3. The minimum absolute atomic E-state index is 0.0410. The van der Waals surface area contributed by atoms with E-state index in [0.29, 0.717) is 38.1 Å². The molecule has 4 rings (SSSR count). The first-order valence-electron chi connectivity index (χ1n) is 9.61. The van der Waals surface area contributed by atoms with Gasteiger partial charge in [-0.2, -0.15) is 5.10 Å². The average molecular weight is 387 g/mol. The van der Waals surface area contributed by atoms with Crippen molar-refractivity contribution in [2.45, 2.75) is 32.2 Å². The molecular weight excluding hydrogens is 362 g/mol. The molecule has 0 radical (unpaired) electrons. The zero-order chi connectivity index (χ0) is 19.9. The zero-order valence-corrected chi connectivity index (χ0v) is 16.1. The minimum Gasteiger partial charge on any atom is -0.395 e. The van der Waals surface area contributed by atoms with Crippen LogP contribution in [-0.4, -0.2) is 85.3 Å². The first kappa shape index (κ1) is 18.6. The Bertz CT molecular complexity index is 888. The zero-order valence-electron chi connectivity index (χ0n) is 16.1. The van der Waals surface area contributed by atoms with E-state index in [9.17, 15) is 14.7 Å². The van der Waals surface area contributed by atoms with E-state index >= 15 is 0 Å². The Balaban J connectivity index is 1.61. The number of β-amino-alcohol motifs (C(OH)–C–C–N with tert-alkyl or cyclic N) is 1. The van der Waals surface area contributed by atoms with Gasteiger partial charge in [-0.25, -0.2) is 14.8 Å². The summed E-state index contributed by atoms with van der Waals surface area (Å²) in [6.45, 7) is 5.59. The van der Waals surface area contributed by atoms with E-state index in [1.54, 1.807) is 11.1 Å². The fourth-order valence-electron chi connectivity index (χ4n) is 4.27. The number of aliphatic hydroxyl groups excluding tert-OH is 1. The lowest BCUT2D eigenvalue weighted by Crippen LogP contribution is -2.57. The Kier molecular flexibility index (Phi) is 4.66. The van der Waals surface area contributed by atoms with Crippen LogP contribution in [0, 0.1) is 5.92 Å². The number of aliphatic hydroxyl groups is 1. The van der Waals surface area contributed by atoms with Gasteiger partial charge in [-0.1, -0.05) is 13.8 Å². The summed E-state index contributed by atoms with van der Waals surface area (Å²) in [5, 5.41) is 17.0. The first-order chi connectivity index (χ1) is 13.5. The van der Waals surface area contributed by atoms with Crippen molar-refractivity contribution < 1.29 is 14.7 Å². The molecule has 150 valence electrons. The summed E-state index contributed by atoms with van der Waals surface area (Å²) in [4.78, 5) is 39.7. The molecule has 2 N–H and O–H groups in total. The number of nitrogens with one attached hydrogen (secondary N) is 1. The quantitative estimate of drug-likeness (QED) is 0.721. The molecule has 28 heavy (non-hydrogen) atoms. The summed E-state index contributed by atoms with van der Waals surface area (Å²) in [5.41, 5.74) is -0.164. The van der Waals surface area contributed by atoms with Crippen LogP contribution in [0.3, 0.4) is 0 Å². The van der Waals surface area contributed by atoms with Crippen molar-refractivity contribution in [1.82, 2.24) is 30.0 Å². The van der Waals surface area contributed by atoms with Crippen LogP contribution < -0.4 is 4.90 Å². The number of anilines is 1. The molecule has 0 aliphatic carbocycles. The van der Waals surface area contributed by atoms with Crippen LogP contribution in [0.5, 0.6) is 0 Å². The van der Waals surface area contributed by atoms with Gasteiger partial charge in [0.2, 0.25) is 0 Å². The summed E-state index contributed by atoms with van der Waals surface area (Å²) in [5.74, 6) is 0.837. The smallest absolute Gasteiger partial charge is 0.327 e. The second kappa shape index (κ2) is 7.01. The molecule has 0 aromatic carbocycles. The van der Waals surface area contributed by atoms with Crippen LogP contribution in [0.4, 0.5) is 10.6 Å². The molecule has 2 saturated heterocycles. The number of hydrogen-bond acceptors (Lipinski definition) is 7. The van der Waals surface area contributed by atoms with Crippen molar-refractivity contribution in [3.05, 3.63) is 12.5 Å². The number of carbonyl (C=O) groups excluding carboxylic acids is 2. The predicted octanol–water partition coefficient (Wildman–Crippen LogP) is 0.604. The average Bonchev–Trinajstić information content (AvgIpc) is 3.23. The van der Waals surface area contributed by atoms with Crippen molar-refractivity contribution in [1.29, 1.82) is 0 Å². The molecule has 10 heteroatoms. The Morgan fingerprint density at radius 3 is 2.68 bits per heavy atom. The van der Waals surface area contributed by atoms with Gasteiger partial charge in [0.05, 0.1) is 24.7 Å².